The van der Waals surface area contributed by atoms with E-state index in [9.17, 15) is 13.7 Å². The molecule has 2 rings (SSSR count). The van der Waals surface area contributed by atoms with Crippen molar-refractivity contribution in [3.8, 4) is 11.4 Å². The summed E-state index contributed by atoms with van der Waals surface area (Å²) in [4.78, 5) is 11.1. The fourth-order valence-electron chi connectivity index (χ4n) is 1.27. The number of phenolic OH excluding ortho intramolecular Hbond substituents is 1. The van der Waals surface area contributed by atoms with Gasteiger partial charge in [-0.05, 0) is 19.1 Å². The Morgan fingerprint density at radius 1 is 1.44 bits per heavy atom. The topological polar surface area (TPSA) is 60.0 Å². The minimum atomic E-state index is -1.10. The predicted molar refractivity (Wildman–Crippen MR) is 50.7 cm³/mol. The summed E-state index contributed by atoms with van der Waals surface area (Å²) >= 11 is 0. The van der Waals surface area contributed by atoms with Gasteiger partial charge in [-0.25, -0.2) is 9.18 Å². The highest BCUT2D eigenvalue weighted by Gasteiger charge is 2.14. The summed E-state index contributed by atoms with van der Waals surface area (Å²) in [7, 11) is 0. The number of hydrogen-bond donors (Lipinski definition) is 1. The van der Waals surface area contributed by atoms with Crippen LogP contribution < -0.4 is 5.69 Å². The molecule has 0 spiro atoms. The van der Waals surface area contributed by atoms with Crippen LogP contribution in [0.1, 0.15) is 5.82 Å². The lowest BCUT2D eigenvalue weighted by Gasteiger charge is -2.01. The molecule has 0 saturated carbocycles. The summed E-state index contributed by atoms with van der Waals surface area (Å²) in [6, 6.07) is 3.13. The molecule has 0 aliphatic carbocycles. The van der Waals surface area contributed by atoms with E-state index in [4.69, 9.17) is 5.11 Å². The first kappa shape index (κ1) is 10.3. The second kappa shape index (κ2) is 3.44. The molecule has 16 heavy (non-hydrogen) atoms. The minimum absolute atomic E-state index is 0.183. The fraction of sp³-hybridized carbons (Fsp3) is 0.111. The van der Waals surface area contributed by atoms with Crippen molar-refractivity contribution < 1.29 is 14.0 Å². The molecule has 0 atom stereocenters. The van der Waals surface area contributed by atoms with Gasteiger partial charge < -0.3 is 5.11 Å². The second-order valence-electron chi connectivity index (χ2n) is 3.16. The van der Waals surface area contributed by atoms with Gasteiger partial charge in [0.1, 0.15) is 11.4 Å². The highest BCUT2D eigenvalue weighted by molar-refractivity contribution is 5.37. The van der Waals surface area contributed by atoms with Gasteiger partial charge in [-0.2, -0.15) is 4.68 Å². The lowest BCUT2D eigenvalue weighted by Crippen LogP contribution is -2.20. The number of phenols is 1. The third-order valence-electron chi connectivity index (χ3n) is 2.04. The normalized spacial score (nSPS) is 10.7. The average Bonchev–Trinajstić information content (AvgIpc) is 2.46. The Hall–Kier alpha value is -2.18. The molecule has 0 aliphatic rings. The Balaban J connectivity index is 2.68. The molecular weight excluding hydrogens is 220 g/mol. The Morgan fingerprint density at radius 3 is 2.62 bits per heavy atom. The van der Waals surface area contributed by atoms with Gasteiger partial charge in [0.25, 0.3) is 0 Å². The molecular formula is C9H7F2N3O2. The maximum Gasteiger partial charge on any atom is 0.379 e. The van der Waals surface area contributed by atoms with Gasteiger partial charge in [0.05, 0.1) is 0 Å². The van der Waals surface area contributed by atoms with E-state index in [0.717, 1.165) is 12.1 Å². The van der Waals surface area contributed by atoms with Gasteiger partial charge in [-0.15, -0.1) is 9.89 Å². The van der Waals surface area contributed by atoms with Crippen LogP contribution in [0.25, 0.3) is 5.69 Å². The highest BCUT2D eigenvalue weighted by Crippen LogP contribution is 2.17. The van der Waals surface area contributed by atoms with Crippen LogP contribution in [0, 0.1) is 12.7 Å². The third kappa shape index (κ3) is 1.46. The summed E-state index contributed by atoms with van der Waals surface area (Å²) < 4.78 is 26.9. The number of aryl methyl sites for hydroxylation is 1. The number of benzene rings is 1. The smallest absolute Gasteiger partial charge is 0.379 e. The molecule has 0 radical (unpaired) electrons. The van der Waals surface area contributed by atoms with Gasteiger partial charge >= 0.3 is 5.69 Å². The molecule has 84 valence electrons. The van der Waals surface area contributed by atoms with Crippen molar-refractivity contribution in [2.45, 2.75) is 6.92 Å². The zero-order valence-corrected chi connectivity index (χ0v) is 8.19. The molecule has 1 N–H and O–H groups in total. The molecule has 1 aromatic heterocycles. The Morgan fingerprint density at radius 2 is 2.12 bits per heavy atom. The summed E-state index contributed by atoms with van der Waals surface area (Å²) in [5.41, 5.74) is -1.32. The molecule has 0 aliphatic heterocycles. The predicted octanol–water partition coefficient (Wildman–Crippen LogP) is 0.920. The van der Waals surface area contributed by atoms with E-state index >= 15 is 0 Å². The van der Waals surface area contributed by atoms with Crippen molar-refractivity contribution in [1.82, 2.24) is 14.6 Å². The number of hydrogen-bond acceptors (Lipinski definition) is 3. The van der Waals surface area contributed by atoms with Crippen molar-refractivity contribution in [2.24, 2.45) is 0 Å². The van der Waals surface area contributed by atoms with Crippen LogP contribution in [0.2, 0.25) is 0 Å². The number of aromatic nitrogens is 3. The molecule has 1 heterocycles. The summed E-state index contributed by atoms with van der Waals surface area (Å²) in [5, 5.41) is 12.5. The van der Waals surface area contributed by atoms with Crippen molar-refractivity contribution in [1.29, 1.82) is 0 Å². The number of aromatic hydroxyl groups is 1. The molecule has 0 amide bonds. The molecule has 0 fully saturated rings. The van der Waals surface area contributed by atoms with Crippen LogP contribution in [0.5, 0.6) is 5.75 Å². The lowest BCUT2D eigenvalue weighted by atomic mass is 10.3. The number of halogens is 2. The van der Waals surface area contributed by atoms with Crippen LogP contribution in [-0.2, 0) is 0 Å². The number of rotatable bonds is 1. The van der Waals surface area contributed by atoms with Crippen molar-refractivity contribution in [3.63, 3.8) is 0 Å². The lowest BCUT2D eigenvalue weighted by molar-refractivity contribution is 0.341. The van der Waals surface area contributed by atoms with Crippen molar-refractivity contribution >= 4 is 0 Å². The highest BCUT2D eigenvalue weighted by atomic mass is 19.2. The Labute approximate surface area is 88.1 Å². The van der Waals surface area contributed by atoms with Gasteiger partial charge in [-0.1, -0.05) is 4.48 Å². The molecule has 7 heteroatoms. The maximum atomic E-state index is 13.4. The Bertz CT molecular complexity index is 603. The summed E-state index contributed by atoms with van der Waals surface area (Å²) in [6.45, 7) is 1.27. The monoisotopic (exact) mass is 227 g/mol. The molecule has 0 saturated heterocycles. The zero-order valence-electron chi connectivity index (χ0n) is 8.19. The third-order valence-corrected chi connectivity index (χ3v) is 2.04. The van der Waals surface area contributed by atoms with E-state index in [2.05, 4.69) is 5.10 Å². The fourth-order valence-corrected chi connectivity index (χ4v) is 1.27. The molecule has 0 unspecified atom stereocenters. The minimum Gasteiger partial charge on any atom is -0.508 e. The maximum absolute atomic E-state index is 13.4. The summed E-state index contributed by atoms with van der Waals surface area (Å²) in [5.74, 6) is -1.33. The van der Waals surface area contributed by atoms with Gasteiger partial charge in [-0.3, -0.25) is 0 Å². The van der Waals surface area contributed by atoms with E-state index in [1.54, 1.807) is 0 Å². The largest absolute Gasteiger partial charge is 0.508 e. The van der Waals surface area contributed by atoms with Crippen LogP contribution in [0.15, 0.2) is 23.0 Å². The van der Waals surface area contributed by atoms with E-state index < -0.39 is 11.5 Å². The molecule has 2 aromatic rings. The van der Waals surface area contributed by atoms with Gasteiger partial charge in [0.15, 0.2) is 11.6 Å². The number of nitrogens with zero attached hydrogens (tertiary/aromatic N) is 3. The first-order valence-electron chi connectivity index (χ1n) is 4.34. The second-order valence-corrected chi connectivity index (χ2v) is 3.16. The van der Waals surface area contributed by atoms with E-state index in [-0.39, 0.29) is 22.1 Å². The van der Waals surface area contributed by atoms with Gasteiger partial charge in [0.2, 0.25) is 0 Å². The first-order chi connectivity index (χ1) is 7.50. The molecule has 5 nitrogen and oxygen atoms in total. The molecule has 0 bridgehead atoms. The van der Waals surface area contributed by atoms with Crippen LogP contribution in [0.4, 0.5) is 8.87 Å². The quantitative estimate of drug-likeness (QED) is 0.788. The van der Waals surface area contributed by atoms with Crippen molar-refractivity contribution in [2.75, 3.05) is 0 Å². The standard InChI is InChI=1S/C9H7F2N3O2/c1-5-12-14(9(16)13(5)11)8-3-2-6(15)4-7(8)10/h2-4,15H,1H3. The van der Waals surface area contributed by atoms with E-state index in [1.165, 1.54) is 13.0 Å². The van der Waals surface area contributed by atoms with Crippen molar-refractivity contribution in [3.05, 3.63) is 40.3 Å². The van der Waals surface area contributed by atoms with Crippen LogP contribution in [-0.4, -0.2) is 19.7 Å². The van der Waals surface area contributed by atoms with Crippen LogP contribution in [0.3, 0.4) is 0 Å². The summed E-state index contributed by atoms with van der Waals surface area (Å²) in [6.07, 6.45) is 0. The SMILES string of the molecule is Cc1nn(-c2ccc(O)cc2F)c(=O)n1F. The first-order valence-corrected chi connectivity index (χ1v) is 4.34. The van der Waals surface area contributed by atoms with Gasteiger partial charge in [0, 0.05) is 6.07 Å². The van der Waals surface area contributed by atoms with Crippen LogP contribution >= 0.6 is 0 Å². The average molecular weight is 227 g/mol. The molecule has 1 aromatic carbocycles. The van der Waals surface area contributed by atoms with E-state index in [0.29, 0.717) is 4.68 Å². The Kier molecular flexibility index (Phi) is 2.22. The van der Waals surface area contributed by atoms with E-state index in [1.807, 2.05) is 0 Å². The zero-order chi connectivity index (χ0) is 11.9.